The Kier molecular flexibility index (Phi) is 7.87. The first-order chi connectivity index (χ1) is 21.8. The molecule has 0 N–H and O–H groups in total. The van der Waals surface area contributed by atoms with Crippen molar-refractivity contribution in [2.24, 2.45) is 0 Å². The number of pyridine rings is 1. The Balaban J connectivity index is 1.15. The molecule has 0 radical (unpaired) electrons. The number of thiazole rings is 1. The van der Waals surface area contributed by atoms with Crippen LogP contribution in [0.1, 0.15) is 42.5 Å². The fraction of sp³-hybridized carbons (Fsp3) is 0.343. The quantitative estimate of drug-likeness (QED) is 0.186. The minimum Gasteiger partial charge on any atom is -0.443 e. The number of amides is 1. The SMILES string of the molecule is CCc1nc2ccc(C3CCN(CC4CN(C)C(=O)O4)CC3)cn2c1-c1ccc(-c2nc(-c3ccc(F)cc3)cs2)c(C)c1F. The van der Waals surface area contributed by atoms with E-state index in [9.17, 15) is 9.18 Å². The molecule has 45 heavy (non-hydrogen) atoms. The highest BCUT2D eigenvalue weighted by Gasteiger charge is 2.31. The summed E-state index contributed by atoms with van der Waals surface area (Å²) in [6.45, 7) is 7.12. The van der Waals surface area contributed by atoms with Crippen LogP contribution in [-0.2, 0) is 11.2 Å². The van der Waals surface area contributed by atoms with E-state index in [1.54, 1.807) is 31.0 Å². The topological polar surface area (TPSA) is 63.0 Å². The van der Waals surface area contributed by atoms with Crippen LogP contribution in [0.2, 0.25) is 0 Å². The maximum atomic E-state index is 16.3. The minimum atomic E-state index is -0.294. The maximum Gasteiger partial charge on any atom is 0.410 e. The number of fused-ring (bicyclic) bond motifs is 1. The largest absolute Gasteiger partial charge is 0.443 e. The first kappa shape index (κ1) is 29.6. The molecule has 0 saturated carbocycles. The summed E-state index contributed by atoms with van der Waals surface area (Å²) in [5.74, 6) is -0.189. The van der Waals surface area contributed by atoms with Gasteiger partial charge in [-0.3, -0.25) is 9.30 Å². The molecule has 2 aliphatic heterocycles. The molecule has 0 spiro atoms. The van der Waals surface area contributed by atoms with Crippen LogP contribution in [0.5, 0.6) is 0 Å². The van der Waals surface area contributed by atoms with Crippen molar-refractivity contribution in [3.8, 4) is 33.1 Å². The number of halogens is 2. The van der Waals surface area contributed by atoms with Crippen LogP contribution >= 0.6 is 11.3 Å². The van der Waals surface area contributed by atoms with Crippen LogP contribution in [-0.4, -0.2) is 69.6 Å². The van der Waals surface area contributed by atoms with E-state index in [0.717, 1.165) is 71.3 Å². The van der Waals surface area contributed by atoms with Crippen molar-refractivity contribution in [3.63, 3.8) is 0 Å². The molecule has 2 aliphatic rings. The molecule has 5 heterocycles. The van der Waals surface area contributed by atoms with E-state index in [0.29, 0.717) is 30.0 Å². The molecule has 10 heteroatoms. The van der Waals surface area contributed by atoms with Gasteiger partial charge in [-0.05, 0) is 92.7 Å². The molecule has 1 atom stereocenters. The fourth-order valence-corrected chi connectivity index (χ4v) is 7.53. The molecule has 7 nitrogen and oxygen atoms in total. The van der Waals surface area contributed by atoms with Gasteiger partial charge in [0, 0.05) is 41.9 Å². The Morgan fingerprint density at radius 3 is 2.47 bits per heavy atom. The summed E-state index contributed by atoms with van der Waals surface area (Å²) < 4.78 is 37.2. The number of aryl methyl sites for hydroxylation is 1. The van der Waals surface area contributed by atoms with E-state index in [1.807, 2.05) is 30.5 Å². The van der Waals surface area contributed by atoms with Gasteiger partial charge in [0.25, 0.3) is 0 Å². The van der Waals surface area contributed by atoms with Gasteiger partial charge in [0.2, 0.25) is 0 Å². The van der Waals surface area contributed by atoms with E-state index < -0.39 is 0 Å². The Morgan fingerprint density at radius 2 is 1.76 bits per heavy atom. The summed E-state index contributed by atoms with van der Waals surface area (Å²) in [6.07, 6.45) is 4.51. The molecule has 5 aromatic rings. The van der Waals surface area contributed by atoms with E-state index in [2.05, 4.69) is 21.6 Å². The number of carbonyl (C=O) groups is 1. The number of rotatable bonds is 7. The number of hydrogen-bond acceptors (Lipinski definition) is 6. The molecule has 2 saturated heterocycles. The van der Waals surface area contributed by atoms with Crippen molar-refractivity contribution in [2.45, 2.75) is 45.1 Å². The maximum absolute atomic E-state index is 16.3. The molecule has 0 bridgehead atoms. The summed E-state index contributed by atoms with van der Waals surface area (Å²) in [5, 5.41) is 2.64. The van der Waals surface area contributed by atoms with Gasteiger partial charge in [0.1, 0.15) is 28.4 Å². The first-order valence-electron chi connectivity index (χ1n) is 15.4. The summed E-state index contributed by atoms with van der Waals surface area (Å²) in [6, 6.07) is 14.2. The van der Waals surface area contributed by atoms with Crippen LogP contribution in [0.4, 0.5) is 13.6 Å². The normalized spacial score (nSPS) is 17.8. The molecular formula is C35H35F2N5O2S. The lowest BCUT2D eigenvalue weighted by molar-refractivity contribution is 0.0964. The third kappa shape index (κ3) is 5.61. The second-order valence-corrected chi connectivity index (χ2v) is 12.9. The summed E-state index contributed by atoms with van der Waals surface area (Å²) in [5.41, 5.74) is 7.04. The van der Waals surface area contributed by atoms with E-state index in [-0.39, 0.29) is 23.8 Å². The van der Waals surface area contributed by atoms with E-state index in [1.165, 1.54) is 29.0 Å². The standard InChI is InChI=1S/C35H35F2N5O2S/c1-4-29-33(28-11-10-27(21(2)32(28)37)34-39-30(20-45-34)23-5-8-25(36)9-6-23)42-17-24(7-12-31(42)38-29)22-13-15-41(16-14-22)19-26-18-40(3)35(43)44-26/h5-12,17,20,22,26H,4,13-16,18-19H2,1-3H3. The van der Waals surface area contributed by atoms with Gasteiger partial charge < -0.3 is 9.64 Å². The van der Waals surface area contributed by atoms with Crippen molar-refractivity contribution < 1.29 is 18.3 Å². The van der Waals surface area contributed by atoms with Crippen LogP contribution in [0.15, 0.2) is 60.1 Å². The number of piperidine rings is 1. The molecule has 1 unspecified atom stereocenters. The third-order valence-electron chi connectivity index (χ3n) is 9.14. The van der Waals surface area contributed by atoms with E-state index >= 15 is 4.39 Å². The van der Waals surface area contributed by atoms with Gasteiger partial charge >= 0.3 is 6.09 Å². The number of cyclic esters (lactones) is 1. The number of imidazole rings is 1. The number of carbonyl (C=O) groups excluding carboxylic acids is 1. The number of ether oxygens (including phenoxy) is 1. The van der Waals surface area contributed by atoms with Gasteiger partial charge in [0.05, 0.1) is 23.6 Å². The number of aromatic nitrogens is 3. The zero-order chi connectivity index (χ0) is 31.2. The average Bonchev–Trinajstić information content (AvgIpc) is 3.76. The molecule has 0 aliphatic carbocycles. The van der Waals surface area contributed by atoms with Crippen molar-refractivity contribution in [1.82, 2.24) is 24.2 Å². The van der Waals surface area contributed by atoms with Crippen molar-refractivity contribution in [3.05, 3.63) is 88.6 Å². The molecule has 3 aromatic heterocycles. The van der Waals surface area contributed by atoms with Gasteiger partial charge in [0.15, 0.2) is 0 Å². The molecule has 232 valence electrons. The number of likely N-dealkylation sites (tertiary alicyclic amines) is 1. The monoisotopic (exact) mass is 627 g/mol. The van der Waals surface area contributed by atoms with Gasteiger partial charge in [-0.15, -0.1) is 11.3 Å². The first-order valence-corrected chi connectivity index (χ1v) is 16.3. The van der Waals surface area contributed by atoms with Crippen LogP contribution in [0, 0.1) is 18.6 Å². The second-order valence-electron chi connectivity index (χ2n) is 12.1. The second kappa shape index (κ2) is 12.0. The van der Waals surface area contributed by atoms with Crippen LogP contribution in [0.3, 0.4) is 0 Å². The van der Waals surface area contributed by atoms with Gasteiger partial charge in [-0.2, -0.15) is 0 Å². The smallest absolute Gasteiger partial charge is 0.410 e. The van der Waals surface area contributed by atoms with Crippen LogP contribution < -0.4 is 0 Å². The highest BCUT2D eigenvalue weighted by Crippen LogP contribution is 2.37. The highest BCUT2D eigenvalue weighted by molar-refractivity contribution is 7.13. The van der Waals surface area contributed by atoms with Crippen molar-refractivity contribution in [1.29, 1.82) is 0 Å². The van der Waals surface area contributed by atoms with Crippen LogP contribution in [0.25, 0.3) is 38.7 Å². The Hall–Kier alpha value is -4.15. The zero-order valence-corrected chi connectivity index (χ0v) is 26.4. The summed E-state index contributed by atoms with van der Waals surface area (Å²) in [7, 11) is 1.77. The van der Waals surface area contributed by atoms with E-state index in [4.69, 9.17) is 14.7 Å². The lowest BCUT2D eigenvalue weighted by Crippen LogP contribution is -2.39. The average molecular weight is 628 g/mol. The zero-order valence-electron chi connectivity index (χ0n) is 25.6. The summed E-state index contributed by atoms with van der Waals surface area (Å²) in [4.78, 5) is 25.4. The fourth-order valence-electron chi connectivity index (χ4n) is 6.62. The number of likely N-dealkylation sites (N-methyl/N-ethyl adjacent to an activating group) is 1. The number of hydrogen-bond donors (Lipinski definition) is 0. The van der Waals surface area contributed by atoms with Crippen molar-refractivity contribution in [2.75, 3.05) is 33.2 Å². The highest BCUT2D eigenvalue weighted by atomic mass is 32.1. The molecule has 7 rings (SSSR count). The Morgan fingerprint density at radius 1 is 1.00 bits per heavy atom. The predicted octanol–water partition coefficient (Wildman–Crippen LogP) is 7.57. The lowest BCUT2D eigenvalue weighted by atomic mass is 9.90. The molecule has 1 amide bonds. The number of nitrogens with zero attached hydrogens (tertiary/aromatic N) is 5. The third-order valence-corrected chi connectivity index (χ3v) is 10.0. The minimum absolute atomic E-state index is 0.0754. The molecule has 2 fully saturated rings. The molecular weight excluding hydrogens is 592 g/mol. The predicted molar refractivity (Wildman–Crippen MR) is 173 cm³/mol. The van der Waals surface area contributed by atoms with Gasteiger partial charge in [-0.1, -0.05) is 19.1 Å². The summed E-state index contributed by atoms with van der Waals surface area (Å²) >= 11 is 1.45. The Labute approximate surface area is 265 Å². The van der Waals surface area contributed by atoms with Gasteiger partial charge in [-0.25, -0.2) is 23.5 Å². The Bertz CT molecular complexity index is 1880. The molecule has 2 aromatic carbocycles. The van der Waals surface area contributed by atoms with Crippen molar-refractivity contribution >= 4 is 23.1 Å². The number of benzene rings is 2. The lowest BCUT2D eigenvalue weighted by Gasteiger charge is -2.33.